The SMILES string of the molecule is CN(C)c1ccc(C2CC(c3ccc(F)cc3)=NN2C(=O)CCl)cc1. The lowest BCUT2D eigenvalue weighted by atomic mass is 9.98. The Kier molecular flexibility index (Phi) is 5.04. The van der Waals surface area contributed by atoms with E-state index in [2.05, 4.69) is 5.10 Å². The average Bonchev–Trinajstić information content (AvgIpc) is 3.07. The largest absolute Gasteiger partial charge is 0.378 e. The summed E-state index contributed by atoms with van der Waals surface area (Å²) in [6.07, 6.45) is 0.565. The summed E-state index contributed by atoms with van der Waals surface area (Å²) in [7, 11) is 3.95. The Hall–Kier alpha value is -2.40. The monoisotopic (exact) mass is 359 g/mol. The highest BCUT2D eigenvalue weighted by Gasteiger charge is 2.32. The number of amides is 1. The van der Waals surface area contributed by atoms with E-state index in [1.165, 1.54) is 17.1 Å². The first-order valence-corrected chi connectivity index (χ1v) is 8.52. The summed E-state index contributed by atoms with van der Waals surface area (Å²) < 4.78 is 13.2. The first-order valence-electron chi connectivity index (χ1n) is 7.98. The van der Waals surface area contributed by atoms with E-state index in [1.807, 2.05) is 43.3 Å². The van der Waals surface area contributed by atoms with Gasteiger partial charge >= 0.3 is 0 Å². The molecule has 2 aromatic rings. The van der Waals surface area contributed by atoms with E-state index in [4.69, 9.17) is 11.6 Å². The van der Waals surface area contributed by atoms with Crippen LogP contribution >= 0.6 is 11.6 Å². The van der Waals surface area contributed by atoms with Crippen LogP contribution in [0.25, 0.3) is 0 Å². The topological polar surface area (TPSA) is 35.9 Å². The van der Waals surface area contributed by atoms with Crippen molar-refractivity contribution in [1.82, 2.24) is 5.01 Å². The van der Waals surface area contributed by atoms with Crippen LogP contribution in [0.4, 0.5) is 10.1 Å². The Morgan fingerprint density at radius 1 is 1.20 bits per heavy atom. The molecule has 1 aliphatic heterocycles. The zero-order chi connectivity index (χ0) is 18.0. The van der Waals surface area contributed by atoms with Gasteiger partial charge in [0.2, 0.25) is 0 Å². The molecule has 0 spiro atoms. The average molecular weight is 360 g/mol. The molecule has 2 aromatic carbocycles. The summed E-state index contributed by atoms with van der Waals surface area (Å²) in [6.45, 7) is 0. The van der Waals surface area contributed by atoms with Gasteiger partial charge in [0.1, 0.15) is 11.7 Å². The molecule has 1 aliphatic rings. The molecule has 0 aromatic heterocycles. The van der Waals surface area contributed by atoms with E-state index < -0.39 is 0 Å². The number of nitrogens with zero attached hydrogens (tertiary/aromatic N) is 3. The first-order chi connectivity index (χ1) is 12.0. The molecule has 3 rings (SSSR count). The molecule has 0 bridgehead atoms. The summed E-state index contributed by atoms with van der Waals surface area (Å²) in [5.41, 5.74) is 3.63. The van der Waals surface area contributed by atoms with Crippen LogP contribution in [0.5, 0.6) is 0 Å². The number of anilines is 1. The Morgan fingerprint density at radius 3 is 2.40 bits per heavy atom. The highest BCUT2D eigenvalue weighted by Crippen LogP contribution is 2.33. The third-order valence-corrected chi connectivity index (χ3v) is 4.48. The molecule has 25 heavy (non-hydrogen) atoms. The Bertz CT molecular complexity index is 787. The number of hydrogen-bond donors (Lipinski definition) is 0. The maximum atomic E-state index is 13.2. The lowest BCUT2D eigenvalue weighted by molar-refractivity contribution is -0.130. The summed E-state index contributed by atoms with van der Waals surface area (Å²) in [5, 5.41) is 5.90. The number of hydrogen-bond acceptors (Lipinski definition) is 3. The number of alkyl halides is 1. The fraction of sp³-hybridized carbons (Fsp3) is 0.263. The van der Waals surface area contributed by atoms with Gasteiger partial charge in [-0.15, -0.1) is 11.6 Å². The van der Waals surface area contributed by atoms with Gasteiger partial charge in [0.15, 0.2) is 0 Å². The van der Waals surface area contributed by atoms with Gasteiger partial charge in [-0.1, -0.05) is 24.3 Å². The summed E-state index contributed by atoms with van der Waals surface area (Å²) in [6, 6.07) is 13.9. The molecule has 0 fully saturated rings. The zero-order valence-corrected chi connectivity index (χ0v) is 14.9. The van der Waals surface area contributed by atoms with Crippen molar-refractivity contribution >= 4 is 28.9 Å². The van der Waals surface area contributed by atoms with E-state index in [0.29, 0.717) is 6.42 Å². The predicted molar refractivity (Wildman–Crippen MR) is 98.6 cm³/mol. The smallest absolute Gasteiger partial charge is 0.258 e. The van der Waals surface area contributed by atoms with Gasteiger partial charge < -0.3 is 4.90 Å². The van der Waals surface area contributed by atoms with Crippen molar-refractivity contribution in [2.24, 2.45) is 5.10 Å². The molecule has 130 valence electrons. The Morgan fingerprint density at radius 2 is 1.84 bits per heavy atom. The van der Waals surface area contributed by atoms with Crippen molar-refractivity contribution in [2.75, 3.05) is 24.9 Å². The van der Waals surface area contributed by atoms with Crippen LogP contribution in [-0.4, -0.2) is 36.6 Å². The number of halogens is 2. The van der Waals surface area contributed by atoms with E-state index in [0.717, 1.165) is 22.5 Å². The zero-order valence-electron chi connectivity index (χ0n) is 14.1. The van der Waals surface area contributed by atoms with Crippen LogP contribution in [-0.2, 0) is 4.79 Å². The summed E-state index contributed by atoms with van der Waals surface area (Å²) in [4.78, 5) is 14.2. The van der Waals surface area contributed by atoms with Crippen LogP contribution in [0.2, 0.25) is 0 Å². The fourth-order valence-electron chi connectivity index (χ4n) is 2.87. The van der Waals surface area contributed by atoms with Crippen molar-refractivity contribution in [2.45, 2.75) is 12.5 Å². The molecule has 1 heterocycles. The highest BCUT2D eigenvalue weighted by molar-refractivity contribution is 6.27. The Labute approximate surface area is 151 Å². The normalized spacial score (nSPS) is 16.7. The second kappa shape index (κ2) is 7.23. The number of carbonyl (C=O) groups is 1. The maximum absolute atomic E-state index is 13.2. The third kappa shape index (κ3) is 3.66. The van der Waals surface area contributed by atoms with Gasteiger partial charge in [0.25, 0.3) is 5.91 Å². The van der Waals surface area contributed by atoms with Gasteiger partial charge in [-0.25, -0.2) is 9.40 Å². The minimum absolute atomic E-state index is 0.132. The van der Waals surface area contributed by atoms with Gasteiger partial charge in [-0.2, -0.15) is 5.10 Å². The first kappa shape index (κ1) is 17.4. The molecular formula is C19H19ClFN3O. The second-order valence-corrected chi connectivity index (χ2v) is 6.40. The minimum Gasteiger partial charge on any atom is -0.378 e. The van der Waals surface area contributed by atoms with E-state index in [1.54, 1.807) is 12.1 Å². The molecule has 1 unspecified atom stereocenters. The quantitative estimate of drug-likeness (QED) is 0.778. The predicted octanol–water partition coefficient (Wildman–Crippen LogP) is 3.81. The van der Waals surface area contributed by atoms with Crippen molar-refractivity contribution in [3.63, 3.8) is 0 Å². The number of rotatable bonds is 4. The van der Waals surface area contributed by atoms with Gasteiger partial charge in [-0.05, 0) is 35.4 Å². The number of hydrazone groups is 1. The van der Waals surface area contributed by atoms with Crippen molar-refractivity contribution < 1.29 is 9.18 Å². The lowest BCUT2D eigenvalue weighted by Gasteiger charge is -2.22. The van der Waals surface area contributed by atoms with Gasteiger partial charge in [-0.3, -0.25) is 4.79 Å². The van der Waals surface area contributed by atoms with Crippen LogP contribution in [0, 0.1) is 5.82 Å². The highest BCUT2D eigenvalue weighted by atomic mass is 35.5. The van der Waals surface area contributed by atoms with Crippen molar-refractivity contribution in [3.05, 3.63) is 65.5 Å². The van der Waals surface area contributed by atoms with Crippen LogP contribution in [0.15, 0.2) is 53.6 Å². The summed E-state index contributed by atoms with van der Waals surface area (Å²) in [5.74, 6) is -0.681. The van der Waals surface area contributed by atoms with E-state index in [-0.39, 0.29) is 23.6 Å². The second-order valence-electron chi connectivity index (χ2n) is 6.13. The number of carbonyl (C=O) groups excluding carboxylic acids is 1. The molecule has 0 radical (unpaired) electrons. The van der Waals surface area contributed by atoms with Crippen molar-refractivity contribution in [1.29, 1.82) is 0 Å². The van der Waals surface area contributed by atoms with Gasteiger partial charge in [0.05, 0.1) is 11.8 Å². The van der Waals surface area contributed by atoms with Crippen LogP contribution in [0.3, 0.4) is 0 Å². The standard InChI is InChI=1S/C19H19ClFN3O/c1-23(2)16-9-5-14(6-10-16)18-11-17(22-24(18)19(25)12-20)13-3-7-15(21)8-4-13/h3-10,18H,11-12H2,1-2H3. The molecule has 0 saturated carbocycles. The Balaban J connectivity index is 1.91. The lowest BCUT2D eigenvalue weighted by Crippen LogP contribution is -2.28. The van der Waals surface area contributed by atoms with Gasteiger partial charge in [0, 0.05) is 26.2 Å². The van der Waals surface area contributed by atoms with Crippen molar-refractivity contribution in [3.8, 4) is 0 Å². The van der Waals surface area contributed by atoms with E-state index >= 15 is 0 Å². The van der Waals surface area contributed by atoms with Crippen LogP contribution < -0.4 is 4.90 Å². The minimum atomic E-state index is -0.299. The molecule has 1 amide bonds. The molecular weight excluding hydrogens is 341 g/mol. The maximum Gasteiger partial charge on any atom is 0.258 e. The molecule has 6 heteroatoms. The van der Waals surface area contributed by atoms with Crippen LogP contribution in [0.1, 0.15) is 23.6 Å². The molecule has 4 nitrogen and oxygen atoms in total. The fourth-order valence-corrected chi connectivity index (χ4v) is 2.99. The third-order valence-electron chi connectivity index (χ3n) is 4.25. The number of benzene rings is 2. The molecule has 0 N–H and O–H groups in total. The summed E-state index contributed by atoms with van der Waals surface area (Å²) >= 11 is 5.75. The molecule has 0 saturated heterocycles. The molecule has 1 atom stereocenters. The molecule has 0 aliphatic carbocycles. The van der Waals surface area contributed by atoms with E-state index in [9.17, 15) is 9.18 Å².